The summed E-state index contributed by atoms with van der Waals surface area (Å²) in [6.45, 7) is 3.90. The number of rotatable bonds is 5. The molecule has 1 unspecified atom stereocenters. The largest absolute Gasteiger partial charge is 0.324 e. The fourth-order valence-corrected chi connectivity index (χ4v) is 3.79. The lowest BCUT2D eigenvalue weighted by Gasteiger charge is -2.25. The Balaban J connectivity index is 1.77. The van der Waals surface area contributed by atoms with Crippen molar-refractivity contribution < 1.29 is 9.18 Å². The molecule has 1 aliphatic rings. The van der Waals surface area contributed by atoms with Crippen LogP contribution in [0.25, 0.3) is 5.70 Å². The Labute approximate surface area is 189 Å². The molecule has 6 nitrogen and oxygen atoms in total. The third-order valence-corrected chi connectivity index (χ3v) is 5.34. The fraction of sp³-hybridized carbons (Fsp3) is 0.227. The molecule has 2 heterocycles. The molecule has 0 fully saturated rings. The highest BCUT2D eigenvalue weighted by molar-refractivity contribution is 6.31. The topological polar surface area (TPSA) is 71.8 Å². The second kappa shape index (κ2) is 8.69. The molecule has 1 aromatic heterocycles. The molecule has 0 spiro atoms. The number of allylic oxidation sites excluding steroid dienone is 1. The maximum absolute atomic E-state index is 14.8. The number of nitrogens with one attached hydrogen (secondary N) is 2. The number of carbonyl (C=O) groups excluding carboxylic acids is 1. The number of aromatic nitrogens is 3. The van der Waals surface area contributed by atoms with Gasteiger partial charge in [0, 0.05) is 27.7 Å². The van der Waals surface area contributed by atoms with Gasteiger partial charge in [0.25, 0.3) is 5.95 Å². The van der Waals surface area contributed by atoms with E-state index in [1.54, 1.807) is 24.3 Å². The quantitative estimate of drug-likeness (QED) is 0.508. The summed E-state index contributed by atoms with van der Waals surface area (Å²) in [5.74, 6) is 0.0359. The van der Waals surface area contributed by atoms with Crippen LogP contribution in [0.2, 0.25) is 10.0 Å². The molecule has 0 aliphatic carbocycles. The highest BCUT2D eigenvalue weighted by Gasteiger charge is 2.29. The number of hydrogen-bond acceptors (Lipinski definition) is 4. The molecule has 4 rings (SSSR count). The lowest BCUT2D eigenvalue weighted by molar-refractivity contribution is -0.116. The summed E-state index contributed by atoms with van der Waals surface area (Å²) in [6.07, 6.45) is 2.16. The van der Waals surface area contributed by atoms with Gasteiger partial charge in [-0.15, -0.1) is 5.10 Å². The van der Waals surface area contributed by atoms with E-state index in [4.69, 9.17) is 23.2 Å². The Kier molecular flexibility index (Phi) is 5.98. The van der Waals surface area contributed by atoms with Gasteiger partial charge in [-0.3, -0.25) is 10.1 Å². The Bertz CT molecular complexity index is 1140. The first-order valence-electron chi connectivity index (χ1n) is 9.77. The van der Waals surface area contributed by atoms with Gasteiger partial charge in [0.05, 0.1) is 0 Å². The van der Waals surface area contributed by atoms with Gasteiger partial charge >= 0.3 is 0 Å². The van der Waals surface area contributed by atoms with Gasteiger partial charge in [-0.2, -0.15) is 4.98 Å². The van der Waals surface area contributed by atoms with E-state index in [9.17, 15) is 9.18 Å². The van der Waals surface area contributed by atoms with Crippen molar-refractivity contribution in [2.24, 2.45) is 5.92 Å². The van der Waals surface area contributed by atoms with E-state index in [1.165, 1.54) is 10.7 Å². The second-order valence-electron chi connectivity index (χ2n) is 7.64. The van der Waals surface area contributed by atoms with Crippen LogP contribution in [0.15, 0.2) is 48.5 Å². The normalized spacial score (nSPS) is 15.3. The number of hydrogen-bond donors (Lipinski definition) is 2. The van der Waals surface area contributed by atoms with Crippen molar-refractivity contribution in [1.29, 1.82) is 0 Å². The average Bonchev–Trinajstić information content (AvgIpc) is 3.10. The molecule has 0 radical (unpaired) electrons. The predicted octanol–water partition coefficient (Wildman–Crippen LogP) is 5.76. The molecule has 31 heavy (non-hydrogen) atoms. The van der Waals surface area contributed by atoms with Gasteiger partial charge in [-0.1, -0.05) is 55.2 Å². The van der Waals surface area contributed by atoms with Gasteiger partial charge in [-0.25, -0.2) is 9.07 Å². The molecule has 0 bridgehead atoms. The zero-order valence-electron chi connectivity index (χ0n) is 16.9. The van der Waals surface area contributed by atoms with Crippen molar-refractivity contribution in [2.45, 2.75) is 26.3 Å². The fourth-order valence-electron chi connectivity index (χ4n) is 3.39. The van der Waals surface area contributed by atoms with Crippen LogP contribution < -0.4 is 10.6 Å². The first kappa shape index (κ1) is 21.3. The van der Waals surface area contributed by atoms with Crippen molar-refractivity contribution in [1.82, 2.24) is 14.8 Å². The molecular weight excluding hydrogens is 440 g/mol. The number of benzene rings is 2. The van der Waals surface area contributed by atoms with E-state index in [2.05, 4.69) is 20.7 Å². The van der Waals surface area contributed by atoms with E-state index in [-0.39, 0.29) is 28.4 Å². The van der Waals surface area contributed by atoms with Crippen LogP contribution in [0.3, 0.4) is 0 Å². The van der Waals surface area contributed by atoms with Crippen molar-refractivity contribution in [3.63, 3.8) is 0 Å². The molecule has 0 saturated carbocycles. The standard InChI is InChI=1S/C22H20Cl2FN5O/c1-12(2)10-19(31)27-21-28-22-26-17(13-6-8-14(23)9-7-13)11-18(30(22)29-21)20-15(24)4-3-5-16(20)25/h3-9,11-12,18H,10H2,1-2H3,(H2,26,27,28,29,31). The molecule has 160 valence electrons. The van der Waals surface area contributed by atoms with Crippen LogP contribution in [-0.2, 0) is 4.79 Å². The summed E-state index contributed by atoms with van der Waals surface area (Å²) in [5, 5.41) is 11.2. The number of carbonyl (C=O) groups is 1. The molecule has 1 aliphatic heterocycles. The molecule has 2 aromatic carbocycles. The van der Waals surface area contributed by atoms with Gasteiger partial charge in [0.2, 0.25) is 11.9 Å². The summed E-state index contributed by atoms with van der Waals surface area (Å²) in [7, 11) is 0. The summed E-state index contributed by atoms with van der Waals surface area (Å²) in [6, 6.07) is 11.1. The molecule has 2 N–H and O–H groups in total. The molecular formula is C22H20Cl2FN5O. The zero-order valence-corrected chi connectivity index (χ0v) is 18.4. The Morgan fingerprint density at radius 1 is 1.23 bits per heavy atom. The molecule has 1 atom stereocenters. The first-order chi connectivity index (χ1) is 14.8. The lowest BCUT2D eigenvalue weighted by Crippen LogP contribution is -2.21. The number of halogens is 3. The minimum Gasteiger partial charge on any atom is -0.324 e. The minimum atomic E-state index is -0.668. The highest BCUT2D eigenvalue weighted by Crippen LogP contribution is 2.37. The van der Waals surface area contributed by atoms with Gasteiger partial charge < -0.3 is 5.32 Å². The first-order valence-corrected chi connectivity index (χ1v) is 10.5. The van der Waals surface area contributed by atoms with Crippen molar-refractivity contribution in [2.75, 3.05) is 10.6 Å². The Hall–Kier alpha value is -2.90. The summed E-state index contributed by atoms with van der Waals surface area (Å²) >= 11 is 12.4. The van der Waals surface area contributed by atoms with Crippen LogP contribution >= 0.6 is 23.2 Å². The van der Waals surface area contributed by atoms with Crippen LogP contribution in [0.1, 0.15) is 37.4 Å². The Morgan fingerprint density at radius 2 is 1.97 bits per heavy atom. The third-order valence-electron chi connectivity index (χ3n) is 4.76. The number of nitrogens with zero attached hydrogens (tertiary/aromatic N) is 3. The lowest BCUT2D eigenvalue weighted by atomic mass is 10.0. The summed E-state index contributed by atoms with van der Waals surface area (Å²) < 4.78 is 16.3. The van der Waals surface area contributed by atoms with E-state index < -0.39 is 11.9 Å². The van der Waals surface area contributed by atoms with Gasteiger partial charge in [0.15, 0.2) is 0 Å². The Morgan fingerprint density at radius 3 is 2.65 bits per heavy atom. The second-order valence-corrected chi connectivity index (χ2v) is 8.49. The van der Waals surface area contributed by atoms with Crippen LogP contribution in [-0.4, -0.2) is 20.7 Å². The average molecular weight is 460 g/mol. The van der Waals surface area contributed by atoms with Gasteiger partial charge in [-0.05, 0) is 41.8 Å². The van der Waals surface area contributed by atoms with E-state index in [1.807, 2.05) is 32.1 Å². The number of amides is 1. The van der Waals surface area contributed by atoms with Crippen LogP contribution in [0.4, 0.5) is 16.3 Å². The van der Waals surface area contributed by atoms with Gasteiger partial charge in [0.1, 0.15) is 11.9 Å². The van der Waals surface area contributed by atoms with E-state index >= 15 is 0 Å². The molecule has 0 saturated heterocycles. The monoisotopic (exact) mass is 459 g/mol. The zero-order chi connectivity index (χ0) is 22.1. The van der Waals surface area contributed by atoms with Crippen LogP contribution in [0, 0.1) is 11.7 Å². The molecule has 1 amide bonds. The maximum atomic E-state index is 14.8. The van der Waals surface area contributed by atoms with E-state index in [0.717, 1.165) is 5.56 Å². The van der Waals surface area contributed by atoms with Crippen molar-refractivity contribution >= 4 is 46.7 Å². The SMILES string of the molecule is CC(C)CC(=O)Nc1nc2n(n1)C(c1c(F)cccc1Cl)C=C(c1ccc(Cl)cc1)N2. The summed E-state index contributed by atoms with van der Waals surface area (Å²) in [5.41, 5.74) is 1.80. The number of anilines is 2. The molecule has 3 aromatic rings. The maximum Gasteiger partial charge on any atom is 0.250 e. The molecule has 9 heteroatoms. The van der Waals surface area contributed by atoms with Crippen molar-refractivity contribution in [3.05, 3.63) is 75.5 Å². The van der Waals surface area contributed by atoms with Crippen LogP contribution in [0.5, 0.6) is 0 Å². The minimum absolute atomic E-state index is 0.136. The predicted molar refractivity (Wildman–Crippen MR) is 121 cm³/mol. The summed E-state index contributed by atoms with van der Waals surface area (Å²) in [4.78, 5) is 16.6. The number of fused-ring (bicyclic) bond motifs is 1. The van der Waals surface area contributed by atoms with Crippen molar-refractivity contribution in [3.8, 4) is 0 Å². The third kappa shape index (κ3) is 4.57. The smallest absolute Gasteiger partial charge is 0.250 e. The highest BCUT2D eigenvalue weighted by atomic mass is 35.5. The van der Waals surface area contributed by atoms with E-state index in [0.29, 0.717) is 23.1 Å².